The topological polar surface area (TPSA) is 65.0 Å². The van der Waals surface area contributed by atoms with Gasteiger partial charge >= 0.3 is 5.97 Å². The number of hydrogen-bond donors (Lipinski definition) is 1. The number of benzene rings is 1. The molecule has 0 bridgehead atoms. The van der Waals surface area contributed by atoms with Crippen molar-refractivity contribution in [1.82, 2.24) is 0 Å². The van der Waals surface area contributed by atoms with E-state index in [2.05, 4.69) is 0 Å². The van der Waals surface area contributed by atoms with E-state index in [0.717, 1.165) is 19.3 Å². The van der Waals surface area contributed by atoms with Crippen LogP contribution in [-0.2, 0) is 10.2 Å². The lowest BCUT2D eigenvalue weighted by molar-refractivity contribution is -0.145. The van der Waals surface area contributed by atoms with Gasteiger partial charge in [0.2, 0.25) is 0 Å². The second-order valence-corrected chi connectivity index (χ2v) is 5.83. The maximum Gasteiger partial charge on any atom is 0.314 e. The molecule has 122 valence electrons. The second kappa shape index (κ2) is 6.65. The Labute approximate surface area is 135 Å². The summed E-state index contributed by atoms with van der Waals surface area (Å²) in [5.41, 5.74) is -0.433. The van der Waals surface area contributed by atoms with Crippen molar-refractivity contribution < 1.29 is 24.1 Å². The van der Waals surface area contributed by atoms with Crippen LogP contribution in [0.1, 0.15) is 37.7 Å². The van der Waals surface area contributed by atoms with Crippen molar-refractivity contribution in [2.24, 2.45) is 0 Å². The predicted octanol–water partition coefficient (Wildman–Crippen LogP) is 3.65. The van der Waals surface area contributed by atoms with Crippen LogP contribution in [0.2, 0.25) is 5.02 Å². The van der Waals surface area contributed by atoms with Gasteiger partial charge in [0.25, 0.3) is 0 Å². The fourth-order valence-electron chi connectivity index (χ4n) is 3.24. The number of rotatable bonds is 5. The number of carbonyl (C=O) groups is 1. The molecule has 1 fully saturated rings. The number of aliphatic carboxylic acids is 1. The minimum Gasteiger partial charge on any atom is -0.495 e. The van der Waals surface area contributed by atoms with Gasteiger partial charge in [-0.25, -0.2) is 0 Å². The van der Waals surface area contributed by atoms with Gasteiger partial charge in [0.1, 0.15) is 10.8 Å². The van der Waals surface area contributed by atoms with Gasteiger partial charge < -0.3 is 19.3 Å². The Morgan fingerprint density at radius 3 is 2.14 bits per heavy atom. The van der Waals surface area contributed by atoms with Gasteiger partial charge in [-0.3, -0.25) is 4.79 Å². The highest BCUT2D eigenvalue weighted by atomic mass is 35.5. The van der Waals surface area contributed by atoms with E-state index in [1.807, 2.05) is 0 Å². The van der Waals surface area contributed by atoms with Crippen LogP contribution < -0.4 is 14.2 Å². The molecule has 5 nitrogen and oxygen atoms in total. The molecule has 2 rings (SSSR count). The minimum atomic E-state index is -0.993. The summed E-state index contributed by atoms with van der Waals surface area (Å²) in [6, 6.07) is 1.68. The molecule has 1 N–H and O–H groups in total. The van der Waals surface area contributed by atoms with Crippen LogP contribution >= 0.6 is 11.6 Å². The number of carboxylic acids is 1. The molecule has 0 aromatic heterocycles. The average Bonchev–Trinajstić information content (AvgIpc) is 2.54. The molecule has 1 aromatic carbocycles. The first-order valence-electron chi connectivity index (χ1n) is 7.24. The number of halogens is 1. The van der Waals surface area contributed by atoms with Crippen LogP contribution in [0.15, 0.2) is 6.07 Å². The molecule has 22 heavy (non-hydrogen) atoms. The Kier molecular flexibility index (Phi) is 5.06. The van der Waals surface area contributed by atoms with E-state index in [0.29, 0.717) is 35.7 Å². The van der Waals surface area contributed by atoms with Crippen molar-refractivity contribution in [3.63, 3.8) is 0 Å². The second-order valence-electron chi connectivity index (χ2n) is 5.45. The third-order valence-corrected chi connectivity index (χ3v) is 4.75. The molecule has 1 aliphatic rings. The molecule has 0 aliphatic heterocycles. The van der Waals surface area contributed by atoms with E-state index in [4.69, 9.17) is 25.8 Å². The normalized spacial score (nSPS) is 16.9. The predicted molar refractivity (Wildman–Crippen MR) is 83.5 cm³/mol. The Morgan fingerprint density at radius 1 is 1.09 bits per heavy atom. The Bertz CT molecular complexity index is 564. The number of methoxy groups -OCH3 is 3. The molecule has 1 aromatic rings. The smallest absolute Gasteiger partial charge is 0.314 e. The zero-order valence-corrected chi connectivity index (χ0v) is 13.8. The van der Waals surface area contributed by atoms with Crippen LogP contribution in [0.5, 0.6) is 17.2 Å². The summed E-state index contributed by atoms with van der Waals surface area (Å²) in [5, 5.41) is 10.1. The highest BCUT2D eigenvalue weighted by Crippen LogP contribution is 2.51. The standard InChI is InChI=1S/C16H21ClO5/c1-20-11-9-10(13(21-2)12(17)14(11)22-3)16(15(18)19)7-5-4-6-8-16/h9H,4-8H2,1-3H3,(H,18,19). The summed E-state index contributed by atoms with van der Waals surface area (Å²) in [6.07, 6.45) is 3.89. The summed E-state index contributed by atoms with van der Waals surface area (Å²) < 4.78 is 16.0. The largest absolute Gasteiger partial charge is 0.495 e. The molecule has 0 atom stereocenters. The molecule has 0 radical (unpaired) electrons. The molecule has 0 amide bonds. The van der Waals surface area contributed by atoms with Crippen molar-refractivity contribution in [2.45, 2.75) is 37.5 Å². The van der Waals surface area contributed by atoms with E-state index in [1.54, 1.807) is 6.07 Å². The van der Waals surface area contributed by atoms with E-state index in [1.165, 1.54) is 21.3 Å². The fraction of sp³-hybridized carbons (Fsp3) is 0.562. The highest BCUT2D eigenvalue weighted by Gasteiger charge is 2.44. The zero-order chi connectivity index (χ0) is 16.3. The minimum absolute atomic E-state index is 0.241. The van der Waals surface area contributed by atoms with Crippen LogP contribution in [-0.4, -0.2) is 32.4 Å². The van der Waals surface area contributed by atoms with E-state index < -0.39 is 11.4 Å². The number of carboxylic acid groups (broad SMARTS) is 1. The van der Waals surface area contributed by atoms with Crippen molar-refractivity contribution >= 4 is 17.6 Å². The first-order chi connectivity index (χ1) is 10.5. The van der Waals surface area contributed by atoms with Gasteiger partial charge in [-0.1, -0.05) is 30.9 Å². The molecular weight excluding hydrogens is 308 g/mol. The van der Waals surface area contributed by atoms with E-state index in [9.17, 15) is 9.90 Å². The van der Waals surface area contributed by atoms with Gasteiger partial charge in [-0.05, 0) is 18.9 Å². The maximum atomic E-state index is 12.0. The number of ether oxygens (including phenoxy) is 3. The molecule has 0 heterocycles. The first-order valence-corrected chi connectivity index (χ1v) is 7.62. The lowest BCUT2D eigenvalue weighted by atomic mass is 9.69. The van der Waals surface area contributed by atoms with Crippen LogP contribution in [0.4, 0.5) is 0 Å². The molecule has 1 aliphatic carbocycles. The summed E-state index contributed by atoms with van der Waals surface area (Å²) in [5.74, 6) is 0.257. The van der Waals surface area contributed by atoms with Gasteiger partial charge in [-0.2, -0.15) is 0 Å². The Hall–Kier alpha value is -1.62. The Morgan fingerprint density at radius 2 is 1.68 bits per heavy atom. The highest BCUT2D eigenvalue weighted by molar-refractivity contribution is 6.34. The van der Waals surface area contributed by atoms with Crippen molar-refractivity contribution in [3.8, 4) is 17.2 Å². The summed E-state index contributed by atoms with van der Waals surface area (Å²) in [7, 11) is 4.46. The molecule has 0 saturated heterocycles. The van der Waals surface area contributed by atoms with Crippen LogP contribution in [0.25, 0.3) is 0 Å². The summed E-state index contributed by atoms with van der Waals surface area (Å²) in [4.78, 5) is 12.0. The fourth-order valence-corrected chi connectivity index (χ4v) is 3.59. The molecule has 6 heteroatoms. The molecular formula is C16H21ClO5. The third-order valence-electron chi connectivity index (χ3n) is 4.40. The molecule has 0 unspecified atom stereocenters. The zero-order valence-electron chi connectivity index (χ0n) is 13.1. The number of hydrogen-bond acceptors (Lipinski definition) is 4. The molecule has 1 saturated carbocycles. The van der Waals surface area contributed by atoms with Gasteiger partial charge in [0.15, 0.2) is 11.5 Å². The monoisotopic (exact) mass is 328 g/mol. The summed E-state index contributed by atoms with van der Waals surface area (Å²) >= 11 is 6.36. The van der Waals surface area contributed by atoms with Gasteiger partial charge in [0.05, 0.1) is 26.7 Å². The van der Waals surface area contributed by atoms with Crippen LogP contribution in [0.3, 0.4) is 0 Å². The van der Waals surface area contributed by atoms with E-state index >= 15 is 0 Å². The van der Waals surface area contributed by atoms with E-state index in [-0.39, 0.29) is 5.02 Å². The quantitative estimate of drug-likeness (QED) is 0.893. The van der Waals surface area contributed by atoms with Crippen molar-refractivity contribution in [1.29, 1.82) is 0 Å². The summed E-state index contributed by atoms with van der Waals surface area (Å²) in [6.45, 7) is 0. The Balaban J connectivity index is 2.71. The van der Waals surface area contributed by atoms with Crippen LogP contribution in [0, 0.1) is 0 Å². The molecule has 0 spiro atoms. The van der Waals surface area contributed by atoms with Crippen molar-refractivity contribution in [3.05, 3.63) is 16.7 Å². The first kappa shape index (κ1) is 16.7. The lowest BCUT2D eigenvalue weighted by Gasteiger charge is -2.35. The van der Waals surface area contributed by atoms with Gasteiger partial charge in [-0.15, -0.1) is 0 Å². The third kappa shape index (κ3) is 2.58. The lowest BCUT2D eigenvalue weighted by Crippen LogP contribution is -2.38. The van der Waals surface area contributed by atoms with Crippen molar-refractivity contribution in [2.75, 3.05) is 21.3 Å². The van der Waals surface area contributed by atoms with Gasteiger partial charge in [0, 0.05) is 5.56 Å². The average molecular weight is 329 g/mol. The SMILES string of the molecule is COc1cc(C2(C(=O)O)CCCCC2)c(OC)c(Cl)c1OC. The maximum absolute atomic E-state index is 12.0.